The summed E-state index contributed by atoms with van der Waals surface area (Å²) in [5, 5.41) is 10.0. The Labute approximate surface area is 91.7 Å². The van der Waals surface area contributed by atoms with Crippen molar-refractivity contribution in [3.8, 4) is 0 Å². The van der Waals surface area contributed by atoms with E-state index in [0.29, 0.717) is 5.56 Å². The normalized spacial score (nSPS) is 13.1. The van der Waals surface area contributed by atoms with E-state index >= 15 is 0 Å². The van der Waals surface area contributed by atoms with E-state index in [9.17, 15) is 13.6 Å². The molecule has 0 radical (unpaired) electrons. The molecule has 1 aromatic heterocycles. The quantitative estimate of drug-likeness (QED) is 0.921. The van der Waals surface area contributed by atoms with Crippen molar-refractivity contribution in [1.82, 2.24) is 0 Å². The van der Waals surface area contributed by atoms with Crippen LogP contribution in [0.25, 0.3) is 0 Å². The van der Waals surface area contributed by atoms with Crippen LogP contribution in [-0.4, -0.2) is 17.5 Å². The number of rotatable bonds is 4. The molecule has 0 aromatic carbocycles. The highest BCUT2D eigenvalue weighted by Gasteiger charge is 2.25. The fraction of sp³-hybridized carbons (Fsp3) is 0.375. The van der Waals surface area contributed by atoms with Crippen LogP contribution >= 0.6 is 27.3 Å². The Balaban J connectivity index is 2.82. The van der Waals surface area contributed by atoms with Crippen LogP contribution < -0.4 is 0 Å². The number of carboxylic acid groups (broad SMARTS) is 1. The van der Waals surface area contributed by atoms with E-state index in [1.165, 1.54) is 17.4 Å². The second-order valence-corrected chi connectivity index (χ2v) is 5.01. The molecule has 1 unspecified atom stereocenters. The minimum atomic E-state index is -2.65. The molecule has 1 heterocycles. The number of carbonyl (C=O) groups is 1. The maximum atomic E-state index is 12.5. The molecule has 1 rings (SSSR count). The van der Waals surface area contributed by atoms with Crippen LogP contribution in [0.3, 0.4) is 0 Å². The number of halogens is 3. The molecular formula is C8H7BrF2O2S. The lowest BCUT2D eigenvalue weighted by Gasteiger charge is -2.11. The molecule has 0 spiro atoms. The summed E-state index contributed by atoms with van der Waals surface area (Å²) in [5.74, 6) is -2.42. The Bertz CT molecular complexity index is 327. The molecule has 0 aliphatic rings. The molecule has 0 bridgehead atoms. The number of thiophene rings is 1. The van der Waals surface area contributed by atoms with Gasteiger partial charge < -0.3 is 5.11 Å². The Hall–Kier alpha value is -0.490. The highest BCUT2D eigenvalue weighted by Crippen LogP contribution is 2.32. The zero-order valence-corrected chi connectivity index (χ0v) is 9.32. The highest BCUT2D eigenvalue weighted by atomic mass is 79.9. The van der Waals surface area contributed by atoms with Crippen molar-refractivity contribution in [2.24, 2.45) is 0 Å². The molecule has 78 valence electrons. The van der Waals surface area contributed by atoms with Crippen LogP contribution in [0.4, 0.5) is 8.78 Å². The standard InChI is InChI=1S/C8H7BrF2O2S/c9-6-1-4(3-14-6)5(8(10)11)2-7(12)13/h1,3,5,8H,2H2,(H,12,13). The Morgan fingerprint density at radius 2 is 2.29 bits per heavy atom. The van der Waals surface area contributed by atoms with Gasteiger partial charge in [-0.3, -0.25) is 4.79 Å². The van der Waals surface area contributed by atoms with Gasteiger partial charge in [0.05, 0.1) is 16.1 Å². The summed E-state index contributed by atoms with van der Waals surface area (Å²) in [5.41, 5.74) is 0.374. The molecule has 0 saturated heterocycles. The van der Waals surface area contributed by atoms with Crippen LogP contribution in [0.5, 0.6) is 0 Å². The van der Waals surface area contributed by atoms with Crippen molar-refractivity contribution in [3.63, 3.8) is 0 Å². The number of hydrogen-bond donors (Lipinski definition) is 1. The predicted octanol–water partition coefficient (Wildman–Crippen LogP) is 3.33. The number of hydrogen-bond acceptors (Lipinski definition) is 2. The van der Waals surface area contributed by atoms with E-state index in [2.05, 4.69) is 15.9 Å². The summed E-state index contributed by atoms with van der Waals surface area (Å²) in [7, 11) is 0. The van der Waals surface area contributed by atoms with Crippen molar-refractivity contribution in [3.05, 3.63) is 20.8 Å². The topological polar surface area (TPSA) is 37.3 Å². The Morgan fingerprint density at radius 1 is 1.64 bits per heavy atom. The first-order valence-corrected chi connectivity index (χ1v) is 5.42. The van der Waals surface area contributed by atoms with Gasteiger partial charge in [-0.25, -0.2) is 8.78 Å². The molecular weight excluding hydrogens is 278 g/mol. The van der Waals surface area contributed by atoms with Crippen molar-refractivity contribution in [2.75, 3.05) is 0 Å². The maximum Gasteiger partial charge on any atom is 0.304 e. The minimum Gasteiger partial charge on any atom is -0.481 e. The summed E-state index contributed by atoms with van der Waals surface area (Å²) in [6.45, 7) is 0. The SMILES string of the molecule is O=C(O)CC(c1csc(Br)c1)C(F)F. The van der Waals surface area contributed by atoms with E-state index < -0.39 is 24.7 Å². The second kappa shape index (κ2) is 4.84. The molecule has 0 fully saturated rings. The zero-order chi connectivity index (χ0) is 10.7. The number of aliphatic carboxylic acids is 1. The third-order valence-corrected chi connectivity index (χ3v) is 3.24. The molecule has 0 aliphatic heterocycles. The van der Waals surface area contributed by atoms with Gasteiger partial charge in [0.2, 0.25) is 6.43 Å². The third-order valence-electron chi connectivity index (χ3n) is 1.71. The van der Waals surface area contributed by atoms with Crippen LogP contribution in [0.1, 0.15) is 17.9 Å². The van der Waals surface area contributed by atoms with Crippen LogP contribution in [0.15, 0.2) is 15.2 Å². The molecule has 0 saturated carbocycles. The van der Waals surface area contributed by atoms with Gasteiger partial charge >= 0.3 is 5.97 Å². The van der Waals surface area contributed by atoms with Crippen molar-refractivity contribution in [1.29, 1.82) is 0 Å². The van der Waals surface area contributed by atoms with Gasteiger partial charge in [-0.15, -0.1) is 11.3 Å². The van der Waals surface area contributed by atoms with Gasteiger partial charge in [-0.1, -0.05) is 0 Å². The van der Waals surface area contributed by atoms with Gasteiger partial charge in [0.15, 0.2) is 0 Å². The third kappa shape index (κ3) is 3.02. The zero-order valence-electron chi connectivity index (χ0n) is 6.91. The van der Waals surface area contributed by atoms with E-state index in [1.54, 1.807) is 5.38 Å². The molecule has 1 atom stereocenters. The molecule has 2 nitrogen and oxygen atoms in total. The van der Waals surface area contributed by atoms with Crippen molar-refractivity contribution in [2.45, 2.75) is 18.8 Å². The minimum absolute atomic E-state index is 0.374. The smallest absolute Gasteiger partial charge is 0.304 e. The van der Waals surface area contributed by atoms with E-state index in [-0.39, 0.29) is 0 Å². The number of carboxylic acids is 1. The summed E-state index contributed by atoms with van der Waals surface area (Å²) in [6.07, 6.45) is -3.19. The highest BCUT2D eigenvalue weighted by molar-refractivity contribution is 9.11. The molecule has 14 heavy (non-hydrogen) atoms. The molecule has 1 N–H and O–H groups in total. The van der Waals surface area contributed by atoms with E-state index in [1.807, 2.05) is 0 Å². The first-order chi connectivity index (χ1) is 6.50. The summed E-state index contributed by atoms with van der Waals surface area (Å²) >= 11 is 4.41. The molecule has 0 aliphatic carbocycles. The summed E-state index contributed by atoms with van der Waals surface area (Å²) in [6, 6.07) is 1.53. The lowest BCUT2D eigenvalue weighted by atomic mass is 9.99. The van der Waals surface area contributed by atoms with Gasteiger partial charge in [0.1, 0.15) is 0 Å². The van der Waals surface area contributed by atoms with Gasteiger partial charge in [0.25, 0.3) is 0 Å². The average Bonchev–Trinajstić information content (AvgIpc) is 2.46. The molecule has 0 amide bonds. The largest absolute Gasteiger partial charge is 0.481 e. The Kier molecular flexibility index (Phi) is 4.00. The predicted molar refractivity (Wildman–Crippen MR) is 53.0 cm³/mol. The Morgan fingerprint density at radius 3 is 2.64 bits per heavy atom. The first kappa shape index (κ1) is 11.6. The van der Waals surface area contributed by atoms with Crippen molar-refractivity contribution >= 4 is 33.2 Å². The molecule has 6 heteroatoms. The van der Waals surface area contributed by atoms with Gasteiger partial charge in [-0.05, 0) is 32.9 Å². The van der Waals surface area contributed by atoms with Crippen LogP contribution in [-0.2, 0) is 4.79 Å². The summed E-state index contributed by atoms with van der Waals surface area (Å²) < 4.78 is 25.7. The second-order valence-electron chi connectivity index (χ2n) is 2.72. The molecule has 1 aromatic rings. The van der Waals surface area contributed by atoms with E-state index in [4.69, 9.17) is 5.11 Å². The lowest BCUT2D eigenvalue weighted by molar-refractivity contribution is -0.138. The summed E-state index contributed by atoms with van der Waals surface area (Å²) in [4.78, 5) is 10.4. The fourth-order valence-corrected chi connectivity index (χ4v) is 2.30. The monoisotopic (exact) mass is 284 g/mol. The van der Waals surface area contributed by atoms with Crippen molar-refractivity contribution < 1.29 is 18.7 Å². The first-order valence-electron chi connectivity index (χ1n) is 3.74. The van der Waals surface area contributed by atoms with Crippen LogP contribution in [0.2, 0.25) is 0 Å². The lowest BCUT2D eigenvalue weighted by Crippen LogP contribution is -2.13. The maximum absolute atomic E-state index is 12.5. The fourth-order valence-electron chi connectivity index (χ4n) is 1.06. The van der Waals surface area contributed by atoms with Crippen LogP contribution in [0, 0.1) is 0 Å². The number of alkyl halides is 2. The van der Waals surface area contributed by atoms with E-state index in [0.717, 1.165) is 3.79 Å². The average molecular weight is 285 g/mol. The van der Waals surface area contributed by atoms with Gasteiger partial charge in [0, 0.05) is 0 Å². The van der Waals surface area contributed by atoms with Gasteiger partial charge in [-0.2, -0.15) is 0 Å².